The molecule has 1 amide bonds. The van der Waals surface area contributed by atoms with Crippen LogP contribution in [0.3, 0.4) is 0 Å². The molecule has 34 heavy (non-hydrogen) atoms. The Balaban J connectivity index is 1.39. The number of aromatic nitrogens is 4. The second kappa shape index (κ2) is 7.64. The molecule has 4 aromatic rings. The van der Waals surface area contributed by atoms with E-state index in [9.17, 15) is 14.3 Å². The smallest absolute Gasteiger partial charge is 0.231 e. The Morgan fingerprint density at radius 2 is 2.12 bits per heavy atom. The molecule has 2 fully saturated rings. The molecule has 0 saturated heterocycles. The summed E-state index contributed by atoms with van der Waals surface area (Å²) >= 11 is 6.58. The van der Waals surface area contributed by atoms with Crippen molar-refractivity contribution in [3.63, 3.8) is 0 Å². The third kappa shape index (κ3) is 3.32. The van der Waals surface area contributed by atoms with Crippen LogP contribution in [0.25, 0.3) is 27.5 Å². The van der Waals surface area contributed by atoms with Crippen LogP contribution in [0.15, 0.2) is 30.6 Å². The number of carbonyl (C=O) groups excluding carboxylic acids is 1. The lowest BCUT2D eigenvalue weighted by molar-refractivity contribution is -0.117. The number of carbonyl (C=O) groups is 1. The summed E-state index contributed by atoms with van der Waals surface area (Å²) in [4.78, 5) is 13.8. The molecule has 0 unspecified atom stereocenters. The summed E-state index contributed by atoms with van der Waals surface area (Å²) < 4.78 is 30.3. The molecule has 2 atom stereocenters. The van der Waals surface area contributed by atoms with Crippen LogP contribution in [0.1, 0.15) is 19.3 Å². The van der Waals surface area contributed by atoms with Crippen molar-refractivity contribution < 1.29 is 18.7 Å². The second-order valence-corrected chi connectivity index (χ2v) is 9.44. The molecule has 8 nitrogen and oxygen atoms in total. The maximum absolute atomic E-state index is 15.6. The molecular weight excluding hydrogens is 466 g/mol. The van der Waals surface area contributed by atoms with Gasteiger partial charge >= 0.3 is 0 Å². The number of amides is 1. The van der Waals surface area contributed by atoms with E-state index in [4.69, 9.17) is 11.6 Å². The van der Waals surface area contributed by atoms with E-state index < -0.39 is 17.9 Å². The van der Waals surface area contributed by atoms with Crippen LogP contribution in [-0.4, -0.2) is 56.2 Å². The number of hydrogen-bond donors (Lipinski definition) is 3. The standard InChI is InChI=1S/C23H21ClF2N6O2/c1-31(11-5-13(33)6-11)22-20(26)19(24)18(15-9-27-29-21(15)22)10-2-3-32-12(4-10)7-17(30-32)28-23(34)14-8-16(14)25/h2-4,7,9,11,13-14,16,33H,5-6,8H2,1H3,(H,27,29)(H,28,30,34)/t11?,13?,14-,16+/m1/s1. The fourth-order valence-corrected chi connectivity index (χ4v) is 4.93. The summed E-state index contributed by atoms with van der Waals surface area (Å²) in [5.41, 5.74) is 2.63. The van der Waals surface area contributed by atoms with Gasteiger partial charge in [-0.15, -0.1) is 0 Å². The second-order valence-electron chi connectivity index (χ2n) is 9.06. The van der Waals surface area contributed by atoms with Gasteiger partial charge in [0.15, 0.2) is 11.6 Å². The minimum Gasteiger partial charge on any atom is -0.393 e. The quantitative estimate of drug-likeness (QED) is 0.397. The van der Waals surface area contributed by atoms with E-state index in [1.165, 1.54) is 0 Å². The predicted molar refractivity (Wildman–Crippen MR) is 124 cm³/mol. The SMILES string of the molecule is CN(c1c(F)c(Cl)c(-c2ccn3nc(NC(=O)[C@@H]4C[C@@H]4F)cc3c2)c2cn[nH]c12)C1CC(O)C1. The summed E-state index contributed by atoms with van der Waals surface area (Å²) in [6.07, 6.45) is 3.20. The molecule has 0 radical (unpaired) electrons. The topological polar surface area (TPSA) is 98.5 Å². The number of fused-ring (bicyclic) bond motifs is 2. The number of anilines is 2. The lowest BCUT2D eigenvalue weighted by atomic mass is 9.87. The zero-order chi connectivity index (χ0) is 23.7. The Morgan fingerprint density at radius 1 is 1.35 bits per heavy atom. The lowest BCUT2D eigenvalue weighted by Crippen LogP contribution is -2.45. The van der Waals surface area contributed by atoms with E-state index in [2.05, 4.69) is 20.6 Å². The third-order valence-corrected chi connectivity index (χ3v) is 7.16. The molecule has 1 aromatic carbocycles. The van der Waals surface area contributed by atoms with E-state index in [1.54, 1.807) is 47.1 Å². The van der Waals surface area contributed by atoms with Gasteiger partial charge in [-0.1, -0.05) is 11.6 Å². The van der Waals surface area contributed by atoms with Gasteiger partial charge in [0.25, 0.3) is 0 Å². The maximum atomic E-state index is 15.6. The molecular formula is C23H21ClF2N6O2. The summed E-state index contributed by atoms with van der Waals surface area (Å²) in [5.74, 6) is -1.26. The minimum atomic E-state index is -1.09. The highest BCUT2D eigenvalue weighted by Gasteiger charge is 2.43. The molecule has 6 rings (SSSR count). The number of hydrogen-bond acceptors (Lipinski definition) is 5. The molecule has 11 heteroatoms. The van der Waals surface area contributed by atoms with Crippen LogP contribution < -0.4 is 10.2 Å². The van der Waals surface area contributed by atoms with Gasteiger partial charge in [-0.25, -0.2) is 13.3 Å². The first-order valence-corrected chi connectivity index (χ1v) is 11.4. The first kappa shape index (κ1) is 21.3. The number of aliphatic hydroxyl groups excluding tert-OH is 1. The van der Waals surface area contributed by atoms with Crippen LogP contribution in [0.5, 0.6) is 0 Å². The zero-order valence-electron chi connectivity index (χ0n) is 18.1. The van der Waals surface area contributed by atoms with Crippen LogP contribution in [0.2, 0.25) is 5.02 Å². The van der Waals surface area contributed by atoms with E-state index in [0.29, 0.717) is 51.9 Å². The summed E-state index contributed by atoms with van der Waals surface area (Å²) in [5, 5.41) is 24.3. The van der Waals surface area contributed by atoms with Gasteiger partial charge in [0.05, 0.1) is 34.3 Å². The number of benzene rings is 1. The van der Waals surface area contributed by atoms with Gasteiger partial charge in [0.2, 0.25) is 5.91 Å². The zero-order valence-corrected chi connectivity index (χ0v) is 18.9. The Labute approximate surface area is 197 Å². The number of aliphatic hydroxyl groups is 1. The lowest BCUT2D eigenvalue weighted by Gasteiger charge is -2.40. The summed E-state index contributed by atoms with van der Waals surface area (Å²) in [6.45, 7) is 0. The minimum absolute atomic E-state index is 0.0120. The Bertz CT molecular complexity index is 1450. The molecule has 0 spiro atoms. The fourth-order valence-electron chi connectivity index (χ4n) is 4.63. The number of nitrogens with one attached hydrogen (secondary N) is 2. The van der Waals surface area contributed by atoms with E-state index in [-0.39, 0.29) is 29.5 Å². The van der Waals surface area contributed by atoms with Crippen molar-refractivity contribution in [2.45, 2.75) is 37.6 Å². The maximum Gasteiger partial charge on any atom is 0.231 e. The number of alkyl halides is 1. The number of aromatic amines is 1. The third-order valence-electron chi connectivity index (χ3n) is 6.81. The number of nitrogens with zero attached hydrogens (tertiary/aromatic N) is 4. The first-order valence-electron chi connectivity index (χ1n) is 11.0. The average Bonchev–Trinajstić information content (AvgIpc) is 3.15. The molecule has 2 aliphatic rings. The highest BCUT2D eigenvalue weighted by atomic mass is 35.5. The first-order chi connectivity index (χ1) is 16.3. The largest absolute Gasteiger partial charge is 0.393 e. The average molecular weight is 487 g/mol. The normalized spacial score (nSPS) is 23.8. The Hall–Kier alpha value is -3.24. The molecule has 3 heterocycles. The van der Waals surface area contributed by atoms with Gasteiger partial charge in [-0.2, -0.15) is 10.2 Å². The van der Waals surface area contributed by atoms with Crippen molar-refractivity contribution in [3.8, 4) is 11.1 Å². The highest BCUT2D eigenvalue weighted by Crippen LogP contribution is 2.44. The van der Waals surface area contributed by atoms with Gasteiger partial charge in [0, 0.05) is 36.3 Å². The van der Waals surface area contributed by atoms with Crippen molar-refractivity contribution >= 4 is 45.4 Å². The molecule has 2 saturated carbocycles. The highest BCUT2D eigenvalue weighted by molar-refractivity contribution is 6.36. The number of halogens is 3. The van der Waals surface area contributed by atoms with Crippen molar-refractivity contribution in [1.82, 2.24) is 19.8 Å². The number of pyridine rings is 1. The van der Waals surface area contributed by atoms with Crippen LogP contribution in [0, 0.1) is 11.7 Å². The summed E-state index contributed by atoms with van der Waals surface area (Å²) in [6, 6.07) is 5.22. The van der Waals surface area contributed by atoms with Gasteiger partial charge in [0.1, 0.15) is 11.9 Å². The van der Waals surface area contributed by atoms with Gasteiger partial charge < -0.3 is 15.3 Å². The molecule has 176 valence electrons. The van der Waals surface area contributed by atoms with Crippen molar-refractivity contribution in [2.24, 2.45) is 5.92 Å². The molecule has 3 N–H and O–H groups in total. The Kier molecular flexibility index (Phi) is 4.79. The van der Waals surface area contributed by atoms with Crippen LogP contribution >= 0.6 is 11.6 Å². The monoisotopic (exact) mass is 486 g/mol. The van der Waals surface area contributed by atoms with Crippen molar-refractivity contribution in [3.05, 3.63) is 41.4 Å². The van der Waals surface area contributed by atoms with Crippen LogP contribution in [0.4, 0.5) is 20.3 Å². The Morgan fingerprint density at radius 3 is 2.82 bits per heavy atom. The molecule has 0 aliphatic heterocycles. The molecule has 0 bridgehead atoms. The molecule has 2 aliphatic carbocycles. The van der Waals surface area contributed by atoms with E-state index >= 15 is 4.39 Å². The van der Waals surface area contributed by atoms with E-state index in [1.807, 2.05) is 0 Å². The van der Waals surface area contributed by atoms with Gasteiger partial charge in [-0.05, 0) is 37.0 Å². The number of rotatable bonds is 5. The fraction of sp³-hybridized carbons (Fsp3) is 0.348. The van der Waals surface area contributed by atoms with Crippen molar-refractivity contribution in [1.29, 1.82) is 0 Å². The van der Waals surface area contributed by atoms with Crippen LogP contribution in [-0.2, 0) is 4.79 Å². The molecule has 3 aromatic heterocycles. The summed E-state index contributed by atoms with van der Waals surface area (Å²) in [7, 11) is 1.78. The predicted octanol–water partition coefficient (Wildman–Crippen LogP) is 3.93. The van der Waals surface area contributed by atoms with Crippen molar-refractivity contribution in [2.75, 3.05) is 17.3 Å². The van der Waals surface area contributed by atoms with E-state index in [0.717, 1.165) is 0 Å². The van der Waals surface area contributed by atoms with Gasteiger partial charge in [-0.3, -0.25) is 9.89 Å². The number of H-pyrrole nitrogens is 1.